The Kier molecular flexibility index (Phi) is 4.40. The summed E-state index contributed by atoms with van der Waals surface area (Å²) in [5, 5.41) is 3.46. The summed E-state index contributed by atoms with van der Waals surface area (Å²) < 4.78 is 2.05. The maximum absolute atomic E-state index is 4.34. The Hall–Kier alpha value is -1.09. The van der Waals surface area contributed by atoms with E-state index in [4.69, 9.17) is 0 Å². The van der Waals surface area contributed by atoms with Crippen molar-refractivity contribution in [1.82, 2.24) is 14.9 Å². The molecule has 1 unspecified atom stereocenters. The first-order chi connectivity index (χ1) is 6.79. The van der Waals surface area contributed by atoms with Crippen molar-refractivity contribution < 1.29 is 0 Å². The molecule has 3 nitrogen and oxygen atoms in total. The lowest BCUT2D eigenvalue weighted by atomic mass is 10.2. The predicted octanol–water partition coefficient (Wildman–Crippen LogP) is 2.04. The van der Waals surface area contributed by atoms with Gasteiger partial charge in [0, 0.05) is 19.4 Å². The number of nitrogens with zero attached hydrogens (tertiary/aromatic N) is 2. The number of aromatic nitrogens is 2. The molecule has 0 spiro atoms. The summed E-state index contributed by atoms with van der Waals surface area (Å²) in [6, 6.07) is 0.299. The summed E-state index contributed by atoms with van der Waals surface area (Å²) in [6.07, 6.45) is 7.79. The van der Waals surface area contributed by atoms with Gasteiger partial charge in [-0.2, -0.15) is 0 Å². The van der Waals surface area contributed by atoms with Gasteiger partial charge in [0.2, 0.25) is 0 Å². The van der Waals surface area contributed by atoms with E-state index in [9.17, 15) is 0 Å². The highest BCUT2D eigenvalue weighted by Gasteiger charge is 2.12. The minimum Gasteiger partial charge on any atom is -0.337 e. The fourth-order valence-electron chi connectivity index (χ4n) is 1.48. The van der Waals surface area contributed by atoms with Crippen LogP contribution in [-0.2, 0) is 7.05 Å². The average Bonchev–Trinajstić information content (AvgIpc) is 2.59. The SMILES string of the molecule is C=CCC(NCCC)c1nccn1C. The second-order valence-electron chi connectivity index (χ2n) is 3.43. The highest BCUT2D eigenvalue weighted by atomic mass is 15.1. The first-order valence-corrected chi connectivity index (χ1v) is 5.11. The Balaban J connectivity index is 2.66. The normalized spacial score (nSPS) is 12.7. The van der Waals surface area contributed by atoms with Gasteiger partial charge in [0.15, 0.2) is 0 Å². The molecule has 1 N–H and O–H groups in total. The number of nitrogens with one attached hydrogen (secondary N) is 1. The minimum atomic E-state index is 0.299. The summed E-state index contributed by atoms with van der Waals surface area (Å²) in [5.74, 6) is 1.08. The molecule has 0 aliphatic rings. The van der Waals surface area contributed by atoms with Gasteiger partial charge in [-0.15, -0.1) is 6.58 Å². The van der Waals surface area contributed by atoms with Crippen LogP contribution in [-0.4, -0.2) is 16.1 Å². The number of hydrogen-bond acceptors (Lipinski definition) is 2. The lowest BCUT2D eigenvalue weighted by Gasteiger charge is -2.16. The van der Waals surface area contributed by atoms with Crippen molar-refractivity contribution in [1.29, 1.82) is 0 Å². The van der Waals surface area contributed by atoms with Crippen LogP contribution in [0.25, 0.3) is 0 Å². The quantitative estimate of drug-likeness (QED) is 0.701. The van der Waals surface area contributed by atoms with Crippen molar-refractivity contribution >= 4 is 0 Å². The average molecular weight is 193 g/mol. The molecule has 0 aliphatic carbocycles. The van der Waals surface area contributed by atoms with E-state index in [1.807, 2.05) is 25.5 Å². The third kappa shape index (κ3) is 2.70. The molecule has 1 atom stereocenters. The molecule has 1 aromatic heterocycles. The molecule has 78 valence electrons. The zero-order chi connectivity index (χ0) is 10.4. The molecule has 14 heavy (non-hydrogen) atoms. The topological polar surface area (TPSA) is 29.9 Å². The largest absolute Gasteiger partial charge is 0.337 e. The molecule has 0 aromatic carbocycles. The monoisotopic (exact) mass is 193 g/mol. The van der Waals surface area contributed by atoms with E-state index >= 15 is 0 Å². The summed E-state index contributed by atoms with van der Waals surface area (Å²) in [6.45, 7) is 6.95. The van der Waals surface area contributed by atoms with Crippen LogP contribution in [0, 0.1) is 0 Å². The van der Waals surface area contributed by atoms with Gasteiger partial charge < -0.3 is 9.88 Å². The zero-order valence-corrected chi connectivity index (χ0v) is 9.03. The molecule has 0 saturated carbocycles. The van der Waals surface area contributed by atoms with E-state index in [-0.39, 0.29) is 0 Å². The Labute approximate surface area is 85.8 Å². The number of imidazole rings is 1. The molecule has 0 saturated heterocycles. The minimum absolute atomic E-state index is 0.299. The van der Waals surface area contributed by atoms with Crippen molar-refractivity contribution in [3.05, 3.63) is 30.9 Å². The fraction of sp³-hybridized carbons (Fsp3) is 0.545. The standard InChI is InChI=1S/C11H19N3/c1-4-6-10(12-7-5-2)11-13-8-9-14(11)3/h4,8-10,12H,1,5-7H2,2-3H3. The molecule has 1 rings (SSSR count). The predicted molar refractivity (Wildman–Crippen MR) is 59.1 cm³/mol. The van der Waals surface area contributed by atoms with Gasteiger partial charge in [-0.25, -0.2) is 4.98 Å². The van der Waals surface area contributed by atoms with E-state index in [0.29, 0.717) is 6.04 Å². The van der Waals surface area contributed by atoms with Crippen LogP contribution < -0.4 is 5.32 Å². The highest BCUT2D eigenvalue weighted by molar-refractivity contribution is 5.00. The lowest BCUT2D eigenvalue weighted by Crippen LogP contribution is -2.24. The molecule has 0 radical (unpaired) electrons. The summed E-state index contributed by atoms with van der Waals surface area (Å²) in [4.78, 5) is 4.34. The van der Waals surface area contributed by atoms with Crippen molar-refractivity contribution in [3.8, 4) is 0 Å². The molecule has 0 fully saturated rings. The van der Waals surface area contributed by atoms with Crippen LogP contribution >= 0.6 is 0 Å². The van der Waals surface area contributed by atoms with Crippen LogP contribution in [0.3, 0.4) is 0 Å². The fourth-order valence-corrected chi connectivity index (χ4v) is 1.48. The Morgan fingerprint density at radius 1 is 1.71 bits per heavy atom. The van der Waals surface area contributed by atoms with E-state index in [0.717, 1.165) is 25.2 Å². The van der Waals surface area contributed by atoms with Gasteiger partial charge in [0.05, 0.1) is 6.04 Å². The van der Waals surface area contributed by atoms with Gasteiger partial charge in [0.25, 0.3) is 0 Å². The second kappa shape index (κ2) is 5.60. The van der Waals surface area contributed by atoms with E-state index < -0.39 is 0 Å². The molecular formula is C11H19N3. The Bertz CT molecular complexity index is 278. The Morgan fingerprint density at radius 2 is 2.50 bits per heavy atom. The molecule has 0 bridgehead atoms. The van der Waals surface area contributed by atoms with Crippen molar-refractivity contribution in [2.75, 3.05) is 6.54 Å². The van der Waals surface area contributed by atoms with Crippen molar-refractivity contribution in [2.24, 2.45) is 7.05 Å². The molecule has 1 aromatic rings. The van der Waals surface area contributed by atoms with Crippen LogP contribution in [0.1, 0.15) is 31.6 Å². The third-order valence-electron chi connectivity index (χ3n) is 2.21. The maximum Gasteiger partial charge on any atom is 0.125 e. The van der Waals surface area contributed by atoms with Gasteiger partial charge in [-0.1, -0.05) is 13.0 Å². The molecule has 0 amide bonds. The second-order valence-corrected chi connectivity index (χ2v) is 3.43. The molecular weight excluding hydrogens is 174 g/mol. The highest BCUT2D eigenvalue weighted by Crippen LogP contribution is 2.14. The van der Waals surface area contributed by atoms with Gasteiger partial charge >= 0.3 is 0 Å². The van der Waals surface area contributed by atoms with Gasteiger partial charge in [0.1, 0.15) is 5.82 Å². The number of hydrogen-bond donors (Lipinski definition) is 1. The maximum atomic E-state index is 4.34. The number of rotatable bonds is 6. The first kappa shape index (κ1) is 11.0. The van der Waals surface area contributed by atoms with Crippen molar-refractivity contribution in [2.45, 2.75) is 25.8 Å². The van der Waals surface area contributed by atoms with Gasteiger partial charge in [-0.3, -0.25) is 0 Å². The van der Waals surface area contributed by atoms with Crippen LogP contribution in [0.2, 0.25) is 0 Å². The zero-order valence-electron chi connectivity index (χ0n) is 9.03. The third-order valence-corrected chi connectivity index (χ3v) is 2.21. The van der Waals surface area contributed by atoms with E-state index in [1.54, 1.807) is 0 Å². The molecule has 1 heterocycles. The molecule has 3 heteroatoms. The van der Waals surface area contributed by atoms with Crippen LogP contribution in [0.4, 0.5) is 0 Å². The van der Waals surface area contributed by atoms with E-state index in [2.05, 4.69) is 28.4 Å². The van der Waals surface area contributed by atoms with E-state index in [1.165, 1.54) is 0 Å². The summed E-state index contributed by atoms with van der Waals surface area (Å²) >= 11 is 0. The van der Waals surface area contributed by atoms with Gasteiger partial charge in [-0.05, 0) is 19.4 Å². The van der Waals surface area contributed by atoms with Crippen LogP contribution in [0.15, 0.2) is 25.0 Å². The Morgan fingerprint density at radius 3 is 3.00 bits per heavy atom. The summed E-state index contributed by atoms with van der Waals surface area (Å²) in [5.41, 5.74) is 0. The summed E-state index contributed by atoms with van der Waals surface area (Å²) in [7, 11) is 2.02. The van der Waals surface area contributed by atoms with Crippen LogP contribution in [0.5, 0.6) is 0 Å². The lowest BCUT2D eigenvalue weighted by molar-refractivity contribution is 0.498. The smallest absolute Gasteiger partial charge is 0.125 e. The molecule has 0 aliphatic heterocycles. The first-order valence-electron chi connectivity index (χ1n) is 5.11. The number of aryl methyl sites for hydroxylation is 1. The van der Waals surface area contributed by atoms with Crippen molar-refractivity contribution in [3.63, 3.8) is 0 Å².